The summed E-state index contributed by atoms with van der Waals surface area (Å²) in [4.78, 5) is 4.96. The van der Waals surface area contributed by atoms with Crippen molar-refractivity contribution in [1.82, 2.24) is 0 Å². The van der Waals surface area contributed by atoms with Crippen LogP contribution in [0.15, 0.2) is 164 Å². The van der Waals surface area contributed by atoms with Gasteiger partial charge in [0, 0.05) is 34.1 Å². The predicted octanol–water partition coefficient (Wildman–Crippen LogP) is 10.2. The fraction of sp³-hybridized carbons (Fsp3) is 0.125. The van der Waals surface area contributed by atoms with E-state index in [1.165, 1.54) is 77.5 Å². The quantitative estimate of drug-likeness (QED) is 0.158. The zero-order valence-electron chi connectivity index (χ0n) is 31.6. The van der Waals surface area contributed by atoms with Gasteiger partial charge in [-0.3, -0.25) is 0 Å². The summed E-state index contributed by atoms with van der Waals surface area (Å²) in [6.07, 6.45) is 0. The molecule has 0 atom stereocenters. The molecule has 0 N–H and O–H groups in total. The highest BCUT2D eigenvalue weighted by Gasteiger charge is 2.43. The Bertz CT molecular complexity index is 2460. The van der Waals surface area contributed by atoms with Gasteiger partial charge < -0.3 is 9.80 Å². The minimum Gasteiger partial charge on any atom is -0.311 e. The second-order valence-electron chi connectivity index (χ2n) is 16.7. The first-order valence-corrected chi connectivity index (χ1v) is 25.9. The lowest BCUT2D eigenvalue weighted by Gasteiger charge is -2.44. The summed E-state index contributed by atoms with van der Waals surface area (Å²) in [6.45, 7) is 14.6. The fourth-order valence-electron chi connectivity index (χ4n) is 8.33. The van der Waals surface area contributed by atoms with E-state index in [-0.39, 0.29) is 6.71 Å². The van der Waals surface area contributed by atoms with Gasteiger partial charge in [-0.2, -0.15) is 0 Å². The maximum atomic E-state index is 2.50. The maximum absolute atomic E-state index is 2.50. The maximum Gasteiger partial charge on any atom is 0.252 e. The molecule has 0 spiro atoms. The Kier molecular flexibility index (Phi) is 7.99. The molecule has 0 bridgehead atoms. The zero-order valence-corrected chi connectivity index (χ0v) is 33.6. The van der Waals surface area contributed by atoms with Crippen LogP contribution in [0.3, 0.4) is 0 Å². The molecular formula is C48H45BN2Si2. The molecule has 0 aliphatic carbocycles. The number of fused-ring (bicyclic) bond motifs is 4. The smallest absolute Gasteiger partial charge is 0.252 e. The van der Waals surface area contributed by atoms with Crippen molar-refractivity contribution >= 4 is 83.7 Å². The highest BCUT2D eigenvalue weighted by atomic mass is 28.3. The summed E-state index contributed by atoms with van der Waals surface area (Å²) in [7, 11) is -2.76. The third kappa shape index (κ3) is 5.79. The van der Waals surface area contributed by atoms with E-state index in [1.807, 2.05) is 0 Å². The minimum absolute atomic E-state index is 0.0916. The molecule has 0 saturated carbocycles. The summed E-state index contributed by atoms with van der Waals surface area (Å²) in [5, 5.41) is 2.98. The van der Waals surface area contributed by atoms with Crippen molar-refractivity contribution in [3.63, 3.8) is 0 Å². The molecule has 9 rings (SSSR count). The number of nitrogens with zero attached hydrogens (tertiary/aromatic N) is 2. The van der Waals surface area contributed by atoms with Gasteiger partial charge in [0.25, 0.3) is 6.71 Å². The molecule has 7 aromatic rings. The second kappa shape index (κ2) is 12.6. The standard InChI is InChI=1S/C48H45BN2Si2/c1-52(2,3)40-28-21-35(22-29-40)34-19-26-39(27-20-34)51-45-32-25-37(36-23-30-41(31-24-36)53(4,5)6)33-43(45)49-42-15-10-11-16-44(42)50(38-13-8-7-9-14-38)46-17-12-18-47(51)48(46)49/h7-33H,1-6H3. The van der Waals surface area contributed by atoms with Crippen molar-refractivity contribution in [3.8, 4) is 22.3 Å². The van der Waals surface area contributed by atoms with Gasteiger partial charge in [-0.05, 0) is 87.2 Å². The van der Waals surface area contributed by atoms with E-state index in [9.17, 15) is 0 Å². The Balaban J connectivity index is 1.23. The first kappa shape index (κ1) is 33.5. The van der Waals surface area contributed by atoms with Crippen molar-refractivity contribution in [2.24, 2.45) is 0 Å². The van der Waals surface area contributed by atoms with Gasteiger partial charge in [0.1, 0.15) is 0 Å². The lowest BCUT2D eigenvalue weighted by Crippen LogP contribution is -2.61. The number of hydrogen-bond donors (Lipinski definition) is 0. The van der Waals surface area contributed by atoms with Gasteiger partial charge in [-0.1, -0.05) is 165 Å². The van der Waals surface area contributed by atoms with Crippen LogP contribution in [0.25, 0.3) is 22.3 Å². The molecule has 5 heteroatoms. The highest BCUT2D eigenvalue weighted by molar-refractivity contribution is 7.00. The van der Waals surface area contributed by atoms with Crippen molar-refractivity contribution in [1.29, 1.82) is 0 Å². The minimum atomic E-state index is -1.40. The molecule has 258 valence electrons. The van der Waals surface area contributed by atoms with Crippen LogP contribution in [0.2, 0.25) is 39.3 Å². The van der Waals surface area contributed by atoms with E-state index in [0.29, 0.717) is 0 Å². The summed E-state index contributed by atoms with van der Waals surface area (Å²) in [5.74, 6) is 0. The van der Waals surface area contributed by atoms with Crippen LogP contribution in [0.5, 0.6) is 0 Å². The van der Waals surface area contributed by atoms with Crippen LogP contribution in [-0.2, 0) is 0 Å². The Labute approximate surface area is 317 Å². The van der Waals surface area contributed by atoms with Gasteiger partial charge in [-0.15, -0.1) is 0 Å². The van der Waals surface area contributed by atoms with E-state index in [0.717, 1.165) is 5.69 Å². The molecule has 2 nitrogen and oxygen atoms in total. The van der Waals surface area contributed by atoms with Crippen molar-refractivity contribution in [3.05, 3.63) is 164 Å². The van der Waals surface area contributed by atoms with Crippen LogP contribution >= 0.6 is 0 Å². The average molecular weight is 717 g/mol. The zero-order chi connectivity index (χ0) is 36.5. The fourth-order valence-corrected chi connectivity index (χ4v) is 10.7. The van der Waals surface area contributed by atoms with E-state index in [4.69, 9.17) is 0 Å². The largest absolute Gasteiger partial charge is 0.311 e. The first-order chi connectivity index (χ1) is 25.6. The summed E-state index contributed by atoms with van der Waals surface area (Å²) < 4.78 is 0. The highest BCUT2D eigenvalue weighted by Crippen LogP contribution is 2.44. The van der Waals surface area contributed by atoms with Crippen LogP contribution in [0, 0.1) is 0 Å². The molecule has 7 aromatic carbocycles. The first-order valence-electron chi connectivity index (χ1n) is 18.9. The Morgan fingerprint density at radius 2 is 0.792 bits per heavy atom. The molecule has 0 amide bonds. The third-order valence-electron chi connectivity index (χ3n) is 11.2. The Morgan fingerprint density at radius 1 is 0.358 bits per heavy atom. The number of rotatable bonds is 6. The normalized spacial score (nSPS) is 13.4. The number of para-hydroxylation sites is 2. The molecule has 0 aromatic heterocycles. The summed E-state index contributed by atoms with van der Waals surface area (Å²) >= 11 is 0. The molecule has 53 heavy (non-hydrogen) atoms. The van der Waals surface area contributed by atoms with E-state index in [1.54, 1.807) is 0 Å². The summed E-state index contributed by atoms with van der Waals surface area (Å²) in [6, 6.07) is 61.7. The van der Waals surface area contributed by atoms with Crippen molar-refractivity contribution in [2.45, 2.75) is 39.3 Å². The van der Waals surface area contributed by atoms with Crippen molar-refractivity contribution < 1.29 is 0 Å². The molecule has 0 unspecified atom stereocenters. The average Bonchev–Trinajstić information content (AvgIpc) is 3.17. The van der Waals surface area contributed by atoms with Gasteiger partial charge >= 0.3 is 0 Å². The Hall–Kier alpha value is -5.36. The van der Waals surface area contributed by atoms with Gasteiger partial charge in [0.15, 0.2) is 0 Å². The molecular weight excluding hydrogens is 672 g/mol. The van der Waals surface area contributed by atoms with E-state index >= 15 is 0 Å². The molecule has 2 heterocycles. The molecule has 2 aliphatic heterocycles. The van der Waals surface area contributed by atoms with Crippen LogP contribution in [0.4, 0.5) is 34.1 Å². The lowest BCUT2D eigenvalue weighted by atomic mass is 9.33. The van der Waals surface area contributed by atoms with Crippen LogP contribution in [0.1, 0.15) is 0 Å². The number of anilines is 6. The Morgan fingerprint density at radius 3 is 1.36 bits per heavy atom. The molecule has 0 saturated heterocycles. The topological polar surface area (TPSA) is 6.48 Å². The van der Waals surface area contributed by atoms with E-state index < -0.39 is 16.1 Å². The monoisotopic (exact) mass is 716 g/mol. The third-order valence-corrected chi connectivity index (χ3v) is 15.3. The number of benzene rings is 7. The lowest BCUT2D eigenvalue weighted by molar-refractivity contribution is 1.25. The van der Waals surface area contributed by atoms with Gasteiger partial charge in [0.05, 0.1) is 16.1 Å². The predicted molar refractivity (Wildman–Crippen MR) is 237 cm³/mol. The number of hydrogen-bond acceptors (Lipinski definition) is 2. The second-order valence-corrected chi connectivity index (χ2v) is 26.8. The summed E-state index contributed by atoms with van der Waals surface area (Å²) in [5.41, 5.74) is 16.3. The molecule has 0 fully saturated rings. The molecule has 0 radical (unpaired) electrons. The molecule has 2 aliphatic rings. The van der Waals surface area contributed by atoms with E-state index in [2.05, 4.69) is 213 Å². The van der Waals surface area contributed by atoms with Gasteiger partial charge in [0.2, 0.25) is 0 Å². The van der Waals surface area contributed by atoms with Crippen LogP contribution in [-0.4, -0.2) is 22.9 Å². The van der Waals surface area contributed by atoms with Gasteiger partial charge in [-0.25, -0.2) is 0 Å². The van der Waals surface area contributed by atoms with Crippen LogP contribution < -0.4 is 36.6 Å². The SMILES string of the molecule is C[Si](C)(C)c1ccc(-c2ccc(N3c4ccc(-c5ccc([Si](C)(C)C)cc5)cc4B4c5ccccc5N(c5ccccc5)c5cccc3c54)cc2)cc1. The van der Waals surface area contributed by atoms with Crippen molar-refractivity contribution in [2.75, 3.05) is 9.80 Å².